The van der Waals surface area contributed by atoms with Crippen LogP contribution >= 0.6 is 13.5 Å². The third-order valence-corrected chi connectivity index (χ3v) is 0. The van der Waals surface area contributed by atoms with Gasteiger partial charge in [-0.15, -0.1) is 0 Å². The van der Waals surface area contributed by atoms with Crippen LogP contribution in [0.2, 0.25) is 0 Å². The summed E-state index contributed by atoms with van der Waals surface area (Å²) < 4.78 is 0. The molecule has 0 aliphatic rings. The molecule has 33 valence electrons. The van der Waals surface area contributed by atoms with Gasteiger partial charge in [-0.25, -0.2) is 0 Å². The summed E-state index contributed by atoms with van der Waals surface area (Å²) >= 11 is 0. The number of hydrogen-bond donors (Lipinski definition) is 0. The number of hydrogen-bond acceptors (Lipinski definition) is 0. The summed E-state index contributed by atoms with van der Waals surface area (Å²) in [5, 5.41) is 0. The zero-order valence-corrected chi connectivity index (χ0v) is 10.7. The van der Waals surface area contributed by atoms with Crippen molar-refractivity contribution in [3.8, 4) is 0 Å². The third kappa shape index (κ3) is 20.9. The van der Waals surface area contributed by atoms with E-state index < -0.39 is 0 Å². The first kappa shape index (κ1) is 50.1. The third-order valence-electron chi connectivity index (χ3n) is 0. The van der Waals surface area contributed by atoms with Crippen molar-refractivity contribution in [3.63, 3.8) is 0 Å². The van der Waals surface area contributed by atoms with E-state index in [1.807, 2.05) is 0 Å². The van der Waals surface area contributed by atoms with Crippen LogP contribution in [0.5, 0.6) is 0 Å². The van der Waals surface area contributed by atoms with E-state index in [2.05, 4.69) is 0 Å². The monoisotopic (exact) mass is 321 g/mol. The molecule has 5 radical (unpaired) electrons. The molecule has 0 nitrogen and oxygen atoms in total. The fourth-order valence-corrected chi connectivity index (χ4v) is 0. The SMILES string of the molecule is S.[Cu].[Se].[Se].[Zn]. The molecule has 0 amide bonds. The summed E-state index contributed by atoms with van der Waals surface area (Å²) in [5.74, 6) is 0. The van der Waals surface area contributed by atoms with Gasteiger partial charge >= 0.3 is 0 Å². The van der Waals surface area contributed by atoms with E-state index in [1.54, 1.807) is 0 Å². The molecular weight excluding hydrogens is 319 g/mol. The van der Waals surface area contributed by atoms with Crippen LogP contribution in [0.1, 0.15) is 0 Å². The van der Waals surface area contributed by atoms with Crippen molar-refractivity contribution in [2.75, 3.05) is 0 Å². The fourth-order valence-electron chi connectivity index (χ4n) is 0. The first-order valence-electron chi connectivity index (χ1n) is 0. The summed E-state index contributed by atoms with van der Waals surface area (Å²) in [4.78, 5) is 0. The second-order valence-corrected chi connectivity index (χ2v) is 0. The van der Waals surface area contributed by atoms with Gasteiger partial charge in [-0.1, -0.05) is 0 Å². The van der Waals surface area contributed by atoms with Gasteiger partial charge in [0.25, 0.3) is 0 Å². The van der Waals surface area contributed by atoms with Crippen LogP contribution in [0.15, 0.2) is 0 Å². The minimum atomic E-state index is 0. The van der Waals surface area contributed by atoms with Crippen molar-refractivity contribution in [2.24, 2.45) is 0 Å². The average molecular weight is 321 g/mol. The zero-order chi connectivity index (χ0) is 0. The van der Waals surface area contributed by atoms with Gasteiger partial charge in [-0.05, 0) is 0 Å². The second kappa shape index (κ2) is 31.2. The molecule has 0 unspecified atom stereocenters. The van der Waals surface area contributed by atoms with Gasteiger partial charge < -0.3 is 0 Å². The second-order valence-electron chi connectivity index (χ2n) is 0. The molecule has 0 aromatic heterocycles. The molecule has 0 aliphatic carbocycles. The van der Waals surface area contributed by atoms with Crippen molar-refractivity contribution in [3.05, 3.63) is 0 Å². The van der Waals surface area contributed by atoms with E-state index in [0.717, 1.165) is 0 Å². The smallest absolute Gasteiger partial charge is 0 e. The van der Waals surface area contributed by atoms with Crippen molar-refractivity contribution in [1.82, 2.24) is 0 Å². The maximum atomic E-state index is 0. The minimum absolute atomic E-state index is 0. The Morgan fingerprint density at radius 3 is 0.800 bits per heavy atom. The Bertz CT molecular complexity index is 9.61. The molecule has 0 aromatic rings. The van der Waals surface area contributed by atoms with Gasteiger partial charge in [0.2, 0.25) is 0 Å². The van der Waals surface area contributed by atoms with Crippen LogP contribution in [0.25, 0.3) is 0 Å². The molecule has 0 bridgehead atoms. The van der Waals surface area contributed by atoms with E-state index in [-0.39, 0.29) is 84.2 Å². The van der Waals surface area contributed by atoms with E-state index in [4.69, 9.17) is 0 Å². The molecule has 0 N–H and O–H groups in total. The molecular formula is H2CuSSe2Zn. The first-order chi connectivity index (χ1) is 0. The average Bonchev–Trinajstić information content (AvgIpc) is 0. The predicted molar refractivity (Wildman–Crippen MR) is 21.9 cm³/mol. The quantitative estimate of drug-likeness (QED) is 0.520. The van der Waals surface area contributed by atoms with Crippen molar-refractivity contribution in [2.45, 2.75) is 0 Å². The fraction of sp³-hybridized carbons (Fsp3) is 0. The van der Waals surface area contributed by atoms with Gasteiger partial charge in [0.1, 0.15) is 0 Å². The van der Waals surface area contributed by atoms with Crippen molar-refractivity contribution in [1.29, 1.82) is 0 Å². The maximum absolute atomic E-state index is 0. The van der Waals surface area contributed by atoms with Gasteiger partial charge in [0.15, 0.2) is 0 Å². The van der Waals surface area contributed by atoms with Crippen molar-refractivity contribution < 1.29 is 36.5 Å². The Balaban J connectivity index is 0. The molecule has 0 aliphatic heterocycles. The van der Waals surface area contributed by atoms with E-state index in [0.29, 0.717) is 0 Å². The van der Waals surface area contributed by atoms with Gasteiger partial charge in [0, 0.05) is 70.7 Å². The standard InChI is InChI=1S/Cu.H2S.2Se.Zn/h;1H2;;;. The summed E-state index contributed by atoms with van der Waals surface area (Å²) in [6.07, 6.45) is 0. The molecule has 0 heterocycles. The summed E-state index contributed by atoms with van der Waals surface area (Å²) in [7, 11) is 0. The molecule has 0 aromatic carbocycles. The molecule has 5 heteroatoms. The molecule has 0 saturated heterocycles. The van der Waals surface area contributed by atoms with Crippen LogP contribution in [0, 0.1) is 0 Å². The Morgan fingerprint density at radius 1 is 0.800 bits per heavy atom. The maximum Gasteiger partial charge on any atom is 0 e. The molecule has 0 spiro atoms. The molecule has 0 atom stereocenters. The van der Waals surface area contributed by atoms with Crippen molar-refractivity contribution >= 4 is 47.6 Å². The number of rotatable bonds is 0. The Kier molecular flexibility index (Phi) is 313. The Hall–Kier alpha value is 2.53. The summed E-state index contributed by atoms with van der Waals surface area (Å²) in [6.45, 7) is 0. The topological polar surface area (TPSA) is 0 Å². The van der Waals surface area contributed by atoms with Crippen LogP contribution in [0.4, 0.5) is 0 Å². The van der Waals surface area contributed by atoms with Gasteiger partial charge in [-0.2, -0.15) is 13.5 Å². The van der Waals surface area contributed by atoms with Crippen LogP contribution < -0.4 is 0 Å². The summed E-state index contributed by atoms with van der Waals surface area (Å²) in [6, 6.07) is 0. The Labute approximate surface area is 83.2 Å². The van der Waals surface area contributed by atoms with Gasteiger partial charge in [-0.3, -0.25) is 0 Å². The summed E-state index contributed by atoms with van der Waals surface area (Å²) in [5.41, 5.74) is 0. The normalized spacial score (nSPS) is 0. The molecule has 5 heavy (non-hydrogen) atoms. The van der Waals surface area contributed by atoms with Crippen LogP contribution in [-0.4, -0.2) is 34.1 Å². The van der Waals surface area contributed by atoms with Crippen LogP contribution in [-0.2, 0) is 36.5 Å². The largest absolute Gasteiger partial charge is 0.197 e. The molecule has 0 rings (SSSR count). The van der Waals surface area contributed by atoms with E-state index in [1.165, 1.54) is 0 Å². The molecule has 0 fully saturated rings. The Morgan fingerprint density at radius 2 is 0.800 bits per heavy atom. The first-order valence-corrected chi connectivity index (χ1v) is 0. The molecule has 0 saturated carbocycles. The van der Waals surface area contributed by atoms with E-state index >= 15 is 0 Å². The predicted octanol–water partition coefficient (Wildman–Crippen LogP) is -0.654. The zero-order valence-electron chi connectivity index (χ0n) is 2.33. The van der Waals surface area contributed by atoms with E-state index in [9.17, 15) is 0 Å². The van der Waals surface area contributed by atoms with Gasteiger partial charge in [0.05, 0.1) is 0 Å². The minimum Gasteiger partial charge on any atom is -0.197 e. The van der Waals surface area contributed by atoms with Crippen LogP contribution in [0.3, 0.4) is 0 Å².